The number of fused-ring (bicyclic) bond motifs is 1. The highest BCUT2D eigenvalue weighted by Crippen LogP contribution is 2.51. The quantitative estimate of drug-likeness (QED) is 0.760. The van der Waals surface area contributed by atoms with Crippen LogP contribution >= 0.6 is 11.8 Å². The third-order valence-corrected chi connectivity index (χ3v) is 6.91. The molecular weight excluding hydrogens is 362 g/mol. The number of allylic oxidation sites excluding steroid dienone is 2. The fourth-order valence-corrected chi connectivity index (χ4v) is 5.33. The smallest absolute Gasteiger partial charge is 0.336 e. The van der Waals surface area contributed by atoms with Gasteiger partial charge in [0.25, 0.3) is 0 Å². The molecule has 0 bridgehead atoms. The van der Waals surface area contributed by atoms with E-state index in [1.54, 1.807) is 11.8 Å². The molecule has 0 fully saturated rings. The summed E-state index contributed by atoms with van der Waals surface area (Å²) < 4.78 is 1.91. The maximum absolute atomic E-state index is 12.4. The molecule has 142 valence electrons. The first-order chi connectivity index (χ1) is 12.6. The van der Waals surface area contributed by atoms with Gasteiger partial charge in [0.1, 0.15) is 0 Å². The topological polar surface area (TPSA) is 79.5 Å². The van der Waals surface area contributed by atoms with Crippen LogP contribution < -0.4 is 0 Å². The Hall–Kier alpha value is -2.47. The molecule has 3 rings (SSSR count). The second kappa shape index (κ2) is 6.60. The summed E-state index contributed by atoms with van der Waals surface area (Å²) in [6.07, 6.45) is 1.88. The van der Waals surface area contributed by atoms with Gasteiger partial charge < -0.3 is 14.8 Å². The molecule has 0 saturated heterocycles. The Balaban J connectivity index is 2.47. The second-order valence-corrected chi connectivity index (χ2v) is 8.78. The molecule has 0 amide bonds. The van der Waals surface area contributed by atoms with Crippen LogP contribution in [0.4, 0.5) is 0 Å². The van der Waals surface area contributed by atoms with Gasteiger partial charge in [-0.2, -0.15) is 0 Å². The molecule has 2 unspecified atom stereocenters. The lowest BCUT2D eigenvalue weighted by Gasteiger charge is -2.29. The number of thioether (sulfide) groups is 1. The van der Waals surface area contributed by atoms with Crippen molar-refractivity contribution in [1.82, 2.24) is 4.57 Å². The number of benzene rings is 1. The minimum atomic E-state index is -1.22. The predicted octanol–water partition coefficient (Wildman–Crippen LogP) is 4.45. The first kappa shape index (κ1) is 19.3. The van der Waals surface area contributed by atoms with Crippen LogP contribution in [-0.4, -0.2) is 32.0 Å². The second-order valence-electron chi connectivity index (χ2n) is 7.19. The highest BCUT2D eigenvalue weighted by Gasteiger charge is 2.45. The normalized spacial score (nSPS) is 23.3. The fourth-order valence-electron chi connectivity index (χ4n) is 4.03. The first-order valence-corrected chi connectivity index (χ1v) is 9.59. The minimum Gasteiger partial charge on any atom is -0.478 e. The van der Waals surface area contributed by atoms with Crippen LogP contribution in [0.2, 0.25) is 0 Å². The number of nitrogens with zero attached hydrogens (tertiary/aromatic N) is 1. The van der Waals surface area contributed by atoms with Crippen molar-refractivity contribution in [2.24, 2.45) is 12.5 Å². The van der Waals surface area contributed by atoms with Crippen molar-refractivity contribution >= 4 is 40.2 Å². The average molecular weight is 385 g/mol. The molecule has 1 aromatic heterocycles. The largest absolute Gasteiger partial charge is 0.478 e. The summed E-state index contributed by atoms with van der Waals surface area (Å²) in [5, 5.41) is 20.9. The number of carboxylic acids is 2. The number of rotatable bonds is 4. The molecule has 2 atom stereocenters. The Labute approximate surface area is 162 Å². The zero-order chi connectivity index (χ0) is 20.1. The zero-order valence-electron chi connectivity index (χ0n) is 16.0. The molecule has 1 aliphatic rings. The Morgan fingerprint density at radius 3 is 2.30 bits per heavy atom. The minimum absolute atomic E-state index is 0.0636. The number of hydrogen-bond acceptors (Lipinski definition) is 3. The summed E-state index contributed by atoms with van der Waals surface area (Å²) >= 11 is 1.58. The SMILES string of the molecule is CC1=CC(C)(/C(C(=O)O)=C(/C(=O)O)c2c(C)n(C)c3ccccc23)C(C)S1. The summed E-state index contributed by atoms with van der Waals surface area (Å²) in [7, 11) is 1.86. The van der Waals surface area contributed by atoms with Crippen LogP contribution in [0.15, 0.2) is 40.8 Å². The van der Waals surface area contributed by atoms with E-state index in [-0.39, 0.29) is 16.4 Å². The third kappa shape index (κ3) is 2.88. The van der Waals surface area contributed by atoms with Gasteiger partial charge in [-0.05, 0) is 24.8 Å². The van der Waals surface area contributed by atoms with Gasteiger partial charge in [-0.15, -0.1) is 11.8 Å². The van der Waals surface area contributed by atoms with Gasteiger partial charge in [0, 0.05) is 39.9 Å². The van der Waals surface area contributed by atoms with Gasteiger partial charge in [0.15, 0.2) is 0 Å². The van der Waals surface area contributed by atoms with Crippen molar-refractivity contribution in [3.8, 4) is 0 Å². The molecule has 6 heteroatoms. The number of aryl methyl sites for hydroxylation is 1. The molecule has 0 spiro atoms. The van der Waals surface area contributed by atoms with E-state index in [0.717, 1.165) is 21.5 Å². The summed E-state index contributed by atoms with van der Waals surface area (Å²) in [5.41, 5.74) is 1.02. The highest BCUT2D eigenvalue weighted by atomic mass is 32.2. The first-order valence-electron chi connectivity index (χ1n) is 8.71. The molecule has 0 aliphatic carbocycles. The molecule has 27 heavy (non-hydrogen) atoms. The van der Waals surface area contributed by atoms with Crippen LogP contribution in [-0.2, 0) is 16.6 Å². The van der Waals surface area contributed by atoms with Crippen molar-refractivity contribution in [1.29, 1.82) is 0 Å². The number of carbonyl (C=O) groups is 2. The van der Waals surface area contributed by atoms with Gasteiger partial charge in [0.2, 0.25) is 0 Å². The Kier molecular flexibility index (Phi) is 4.72. The molecule has 1 aliphatic heterocycles. The fraction of sp³-hybridized carbons (Fsp3) is 0.333. The molecule has 5 nitrogen and oxygen atoms in total. The summed E-state index contributed by atoms with van der Waals surface area (Å²) in [6, 6.07) is 7.48. The van der Waals surface area contributed by atoms with Crippen molar-refractivity contribution in [3.63, 3.8) is 0 Å². The lowest BCUT2D eigenvalue weighted by atomic mass is 9.75. The molecule has 2 aromatic rings. The van der Waals surface area contributed by atoms with Crippen molar-refractivity contribution < 1.29 is 19.8 Å². The van der Waals surface area contributed by atoms with E-state index in [2.05, 4.69) is 0 Å². The Morgan fingerprint density at radius 2 is 1.78 bits per heavy atom. The highest BCUT2D eigenvalue weighted by molar-refractivity contribution is 8.03. The van der Waals surface area contributed by atoms with E-state index in [9.17, 15) is 19.8 Å². The monoisotopic (exact) mass is 385 g/mol. The number of hydrogen-bond donors (Lipinski definition) is 2. The van der Waals surface area contributed by atoms with Crippen molar-refractivity contribution in [2.45, 2.75) is 32.9 Å². The Morgan fingerprint density at radius 1 is 1.15 bits per heavy atom. The van der Waals surface area contributed by atoms with E-state index in [1.165, 1.54) is 0 Å². The number of carboxylic acid groups (broad SMARTS) is 2. The van der Waals surface area contributed by atoms with Gasteiger partial charge in [-0.1, -0.05) is 38.1 Å². The molecule has 0 saturated carbocycles. The van der Waals surface area contributed by atoms with E-state index in [1.807, 2.05) is 69.7 Å². The van der Waals surface area contributed by atoms with Crippen molar-refractivity contribution in [2.75, 3.05) is 0 Å². The van der Waals surface area contributed by atoms with E-state index >= 15 is 0 Å². The molecule has 2 N–H and O–H groups in total. The number of aliphatic carboxylic acids is 2. The van der Waals surface area contributed by atoms with E-state index in [4.69, 9.17) is 0 Å². The van der Waals surface area contributed by atoms with Crippen LogP contribution in [0.1, 0.15) is 32.0 Å². The standard InChI is InChI=1S/C21H23NO4S/c1-11-10-21(4,13(3)27-11)18(20(25)26)17(19(23)24)16-12(2)22(5)15-9-7-6-8-14(15)16/h6-10,13H,1-5H3,(H,23,24)(H,25,26)/b18-17+. The number of para-hydroxylation sites is 1. The van der Waals surface area contributed by atoms with E-state index < -0.39 is 17.4 Å². The molecular formula is C21H23NO4S. The van der Waals surface area contributed by atoms with Crippen LogP contribution in [0.5, 0.6) is 0 Å². The van der Waals surface area contributed by atoms with Crippen LogP contribution in [0, 0.1) is 12.3 Å². The summed E-state index contributed by atoms with van der Waals surface area (Å²) in [4.78, 5) is 25.7. The average Bonchev–Trinajstić information content (AvgIpc) is 2.98. The predicted molar refractivity (Wildman–Crippen MR) is 109 cm³/mol. The molecule has 0 radical (unpaired) electrons. The maximum Gasteiger partial charge on any atom is 0.336 e. The third-order valence-electron chi connectivity index (χ3n) is 5.58. The lowest BCUT2D eigenvalue weighted by Crippen LogP contribution is -2.31. The van der Waals surface area contributed by atoms with Gasteiger partial charge in [-0.3, -0.25) is 0 Å². The molecule has 1 aromatic carbocycles. The van der Waals surface area contributed by atoms with Gasteiger partial charge in [-0.25, -0.2) is 9.59 Å². The van der Waals surface area contributed by atoms with Gasteiger partial charge >= 0.3 is 11.9 Å². The van der Waals surface area contributed by atoms with E-state index in [0.29, 0.717) is 5.56 Å². The van der Waals surface area contributed by atoms with Gasteiger partial charge in [0.05, 0.1) is 11.1 Å². The number of aromatic nitrogens is 1. The maximum atomic E-state index is 12.4. The zero-order valence-corrected chi connectivity index (χ0v) is 16.8. The van der Waals surface area contributed by atoms with Crippen molar-refractivity contribution in [3.05, 3.63) is 52.1 Å². The Bertz CT molecular complexity index is 1030. The van der Waals surface area contributed by atoms with Crippen LogP contribution in [0.3, 0.4) is 0 Å². The van der Waals surface area contributed by atoms with Crippen LogP contribution in [0.25, 0.3) is 16.5 Å². The summed E-state index contributed by atoms with van der Waals surface area (Å²) in [6.45, 7) is 7.51. The lowest BCUT2D eigenvalue weighted by molar-refractivity contribution is -0.135. The molecule has 2 heterocycles. The summed E-state index contributed by atoms with van der Waals surface area (Å²) in [5.74, 6) is -2.41.